The maximum Gasteiger partial charge on any atom is 0.276 e. The first kappa shape index (κ1) is 16.8. The molecule has 0 bridgehead atoms. The second-order valence-corrected chi connectivity index (χ2v) is 7.90. The van der Waals surface area contributed by atoms with Gasteiger partial charge < -0.3 is 5.73 Å². The average Bonchev–Trinajstić information content (AvgIpc) is 3.00. The summed E-state index contributed by atoms with van der Waals surface area (Å²) in [5.41, 5.74) is 7.66. The van der Waals surface area contributed by atoms with Crippen LogP contribution >= 0.6 is 23.1 Å². The topological polar surface area (TPSA) is 78.0 Å². The molecule has 26 heavy (non-hydrogen) atoms. The van der Waals surface area contributed by atoms with E-state index in [9.17, 15) is 9.59 Å². The lowest BCUT2D eigenvalue weighted by atomic mass is 10.2. The van der Waals surface area contributed by atoms with Gasteiger partial charge in [-0.25, -0.2) is 4.98 Å². The van der Waals surface area contributed by atoms with E-state index in [0.717, 1.165) is 21.3 Å². The minimum Gasteiger partial charge on any atom is -0.369 e. The maximum atomic E-state index is 13.3. The molecule has 0 saturated carbocycles. The van der Waals surface area contributed by atoms with Crippen molar-refractivity contribution in [3.8, 4) is 5.69 Å². The molecule has 0 fully saturated rings. The Labute approximate surface area is 157 Å². The second-order valence-electron chi connectivity index (χ2n) is 5.90. The van der Waals surface area contributed by atoms with Crippen LogP contribution < -0.4 is 11.3 Å². The van der Waals surface area contributed by atoms with Gasteiger partial charge in [0.25, 0.3) is 5.56 Å². The number of benzene rings is 2. The molecule has 0 radical (unpaired) electrons. The summed E-state index contributed by atoms with van der Waals surface area (Å²) in [5, 5.41) is 1.41. The molecule has 2 aromatic heterocycles. The van der Waals surface area contributed by atoms with Gasteiger partial charge in [-0.2, -0.15) is 0 Å². The van der Waals surface area contributed by atoms with Gasteiger partial charge in [0.1, 0.15) is 4.70 Å². The molecule has 5 nitrogen and oxygen atoms in total. The Hall–Kier alpha value is -2.64. The monoisotopic (exact) mass is 381 g/mol. The number of nitrogens with zero attached hydrogens (tertiary/aromatic N) is 2. The number of aryl methyl sites for hydroxylation is 1. The number of aromatic nitrogens is 2. The van der Waals surface area contributed by atoms with Crippen LogP contribution in [0.15, 0.2) is 58.5 Å². The fourth-order valence-electron chi connectivity index (χ4n) is 2.78. The first-order valence-corrected chi connectivity index (χ1v) is 9.77. The molecular formula is C19H15N3O2S2. The zero-order valence-electron chi connectivity index (χ0n) is 13.9. The smallest absolute Gasteiger partial charge is 0.276 e. The van der Waals surface area contributed by atoms with Gasteiger partial charge >= 0.3 is 0 Å². The molecule has 130 valence electrons. The summed E-state index contributed by atoms with van der Waals surface area (Å²) in [6, 6.07) is 15.5. The fourth-order valence-corrected chi connectivity index (χ4v) is 4.59. The Bertz CT molecular complexity index is 1190. The van der Waals surface area contributed by atoms with Gasteiger partial charge in [0, 0.05) is 10.1 Å². The van der Waals surface area contributed by atoms with Crippen molar-refractivity contribution in [1.29, 1.82) is 0 Å². The molecule has 0 spiro atoms. The van der Waals surface area contributed by atoms with E-state index in [1.165, 1.54) is 23.1 Å². The Balaban J connectivity index is 2.03. The van der Waals surface area contributed by atoms with Crippen LogP contribution in [0.1, 0.15) is 5.56 Å². The molecule has 4 rings (SSSR count). The molecule has 0 aliphatic heterocycles. The van der Waals surface area contributed by atoms with Crippen LogP contribution in [-0.4, -0.2) is 21.2 Å². The summed E-state index contributed by atoms with van der Waals surface area (Å²) in [4.78, 5) is 29.2. The molecule has 7 heteroatoms. The third-order valence-corrected chi connectivity index (χ3v) is 6.11. The number of fused-ring (bicyclic) bond motifs is 3. The normalized spacial score (nSPS) is 11.3. The Kier molecular flexibility index (Phi) is 4.26. The van der Waals surface area contributed by atoms with Gasteiger partial charge in [-0.15, -0.1) is 11.3 Å². The summed E-state index contributed by atoms with van der Waals surface area (Å²) in [7, 11) is 0. The van der Waals surface area contributed by atoms with E-state index in [4.69, 9.17) is 10.7 Å². The molecule has 2 aromatic carbocycles. The maximum absolute atomic E-state index is 13.3. The van der Waals surface area contributed by atoms with E-state index in [0.29, 0.717) is 15.4 Å². The van der Waals surface area contributed by atoms with Crippen molar-refractivity contribution in [3.05, 3.63) is 64.4 Å². The van der Waals surface area contributed by atoms with Crippen molar-refractivity contribution in [1.82, 2.24) is 9.55 Å². The van der Waals surface area contributed by atoms with Crippen molar-refractivity contribution in [2.75, 3.05) is 5.75 Å². The van der Waals surface area contributed by atoms with Crippen molar-refractivity contribution in [2.24, 2.45) is 5.73 Å². The highest BCUT2D eigenvalue weighted by molar-refractivity contribution is 7.99. The molecule has 0 aliphatic rings. The molecule has 0 aliphatic carbocycles. The largest absolute Gasteiger partial charge is 0.369 e. The minimum absolute atomic E-state index is 0.0614. The molecule has 0 atom stereocenters. The third-order valence-electron chi connectivity index (χ3n) is 4.00. The summed E-state index contributed by atoms with van der Waals surface area (Å²) >= 11 is 2.61. The lowest BCUT2D eigenvalue weighted by Gasteiger charge is -2.11. The van der Waals surface area contributed by atoms with Gasteiger partial charge in [-0.3, -0.25) is 14.2 Å². The molecule has 2 heterocycles. The minimum atomic E-state index is -0.449. The molecule has 0 saturated heterocycles. The molecule has 2 N–H and O–H groups in total. The summed E-state index contributed by atoms with van der Waals surface area (Å²) in [5.74, 6) is -0.388. The highest BCUT2D eigenvalue weighted by atomic mass is 32.2. The first-order valence-electron chi connectivity index (χ1n) is 7.97. The summed E-state index contributed by atoms with van der Waals surface area (Å²) in [6.45, 7) is 1.99. The van der Waals surface area contributed by atoms with E-state index in [1.807, 2.05) is 55.5 Å². The van der Waals surface area contributed by atoms with Crippen LogP contribution in [0, 0.1) is 6.92 Å². The van der Waals surface area contributed by atoms with Crippen LogP contribution in [-0.2, 0) is 4.79 Å². The van der Waals surface area contributed by atoms with Crippen LogP contribution in [0.2, 0.25) is 0 Å². The lowest BCUT2D eigenvalue weighted by Crippen LogP contribution is -2.22. The number of hydrogen-bond donors (Lipinski definition) is 1. The van der Waals surface area contributed by atoms with Gasteiger partial charge in [0.2, 0.25) is 5.91 Å². The van der Waals surface area contributed by atoms with Gasteiger partial charge in [0.15, 0.2) is 5.16 Å². The lowest BCUT2D eigenvalue weighted by molar-refractivity contribution is -0.115. The first-order chi connectivity index (χ1) is 12.5. The van der Waals surface area contributed by atoms with Crippen LogP contribution in [0.4, 0.5) is 0 Å². The summed E-state index contributed by atoms with van der Waals surface area (Å²) < 4.78 is 3.18. The molecule has 0 unspecified atom stereocenters. The number of carbonyl (C=O) groups is 1. The van der Waals surface area contributed by atoms with Crippen LogP contribution in [0.5, 0.6) is 0 Å². The van der Waals surface area contributed by atoms with Crippen LogP contribution in [0.3, 0.4) is 0 Å². The predicted molar refractivity (Wildman–Crippen MR) is 107 cm³/mol. The Morgan fingerprint density at radius 2 is 1.92 bits per heavy atom. The third kappa shape index (κ3) is 2.89. The van der Waals surface area contributed by atoms with E-state index in [-0.39, 0.29) is 11.3 Å². The van der Waals surface area contributed by atoms with Gasteiger partial charge in [0.05, 0.1) is 17.0 Å². The van der Waals surface area contributed by atoms with Gasteiger partial charge in [-0.1, -0.05) is 47.7 Å². The number of rotatable bonds is 4. The number of carbonyl (C=O) groups excluding carboxylic acids is 1. The van der Waals surface area contributed by atoms with Crippen molar-refractivity contribution < 1.29 is 4.79 Å². The average molecular weight is 381 g/mol. The van der Waals surface area contributed by atoms with Crippen molar-refractivity contribution in [3.63, 3.8) is 0 Å². The number of thioether (sulfide) groups is 1. The van der Waals surface area contributed by atoms with Crippen LogP contribution in [0.25, 0.3) is 26.0 Å². The number of thiophene rings is 1. The zero-order chi connectivity index (χ0) is 18.3. The number of primary amides is 1. The Morgan fingerprint density at radius 1 is 1.19 bits per heavy atom. The molecule has 4 aromatic rings. The molecule has 1 amide bonds. The second kappa shape index (κ2) is 6.59. The predicted octanol–water partition coefficient (Wildman–Crippen LogP) is 3.49. The fraction of sp³-hybridized carbons (Fsp3) is 0.105. The number of nitrogens with two attached hydrogens (primary N) is 1. The zero-order valence-corrected chi connectivity index (χ0v) is 15.6. The Morgan fingerprint density at radius 3 is 2.65 bits per heavy atom. The van der Waals surface area contributed by atoms with E-state index in [1.54, 1.807) is 4.57 Å². The number of amides is 1. The standard InChI is InChI=1S/C19H15N3O2S2/c1-11-6-8-12(9-7-11)22-18(24)17-16(21-19(22)25-10-15(20)23)13-4-2-3-5-14(13)26-17/h2-9H,10H2,1H3,(H2,20,23). The quantitative estimate of drug-likeness (QED) is 0.434. The summed E-state index contributed by atoms with van der Waals surface area (Å²) in [6.07, 6.45) is 0. The van der Waals surface area contributed by atoms with Gasteiger partial charge in [-0.05, 0) is 25.1 Å². The van der Waals surface area contributed by atoms with E-state index < -0.39 is 5.91 Å². The van der Waals surface area contributed by atoms with Crippen molar-refractivity contribution in [2.45, 2.75) is 12.1 Å². The van der Waals surface area contributed by atoms with E-state index in [2.05, 4.69) is 0 Å². The SMILES string of the molecule is Cc1ccc(-n2c(SCC(N)=O)nc3c(sc4ccccc43)c2=O)cc1. The van der Waals surface area contributed by atoms with Crippen molar-refractivity contribution >= 4 is 49.3 Å². The highest BCUT2D eigenvalue weighted by Crippen LogP contribution is 2.32. The van der Waals surface area contributed by atoms with E-state index >= 15 is 0 Å². The highest BCUT2D eigenvalue weighted by Gasteiger charge is 2.17. The number of hydrogen-bond acceptors (Lipinski definition) is 5. The molecular weight excluding hydrogens is 366 g/mol.